The summed E-state index contributed by atoms with van der Waals surface area (Å²) in [5.41, 5.74) is 0.728. The van der Waals surface area contributed by atoms with Crippen molar-refractivity contribution in [1.29, 1.82) is 0 Å². The van der Waals surface area contributed by atoms with Crippen LogP contribution in [0, 0.1) is 0 Å². The maximum atomic E-state index is 13.4. The Morgan fingerprint density at radius 2 is 1.94 bits per heavy atom. The van der Waals surface area contributed by atoms with Crippen LogP contribution in [0.5, 0.6) is 0 Å². The zero-order valence-electron chi connectivity index (χ0n) is 17.3. The van der Waals surface area contributed by atoms with Crippen molar-refractivity contribution in [2.24, 2.45) is 0 Å². The van der Waals surface area contributed by atoms with E-state index in [9.17, 15) is 21.6 Å². The van der Waals surface area contributed by atoms with E-state index in [1.165, 1.54) is 15.7 Å². The SMILES string of the molecule is CCc1ccccc1Nc1ncc(C(F)(F)F)c(NCCCN2CCN(C)S2(=O)=O)n1. The number of anilines is 3. The van der Waals surface area contributed by atoms with Crippen LogP contribution in [0.25, 0.3) is 0 Å². The number of likely N-dealkylation sites (N-methyl/N-ethyl adjacent to an activating group) is 1. The molecule has 1 saturated heterocycles. The van der Waals surface area contributed by atoms with Gasteiger partial charge in [-0.2, -0.15) is 35.2 Å². The lowest BCUT2D eigenvalue weighted by atomic mass is 10.1. The Morgan fingerprint density at radius 1 is 1.19 bits per heavy atom. The average molecular weight is 459 g/mol. The smallest absolute Gasteiger partial charge is 0.369 e. The molecule has 1 fully saturated rings. The van der Waals surface area contributed by atoms with Crippen molar-refractivity contribution in [2.45, 2.75) is 25.9 Å². The fraction of sp³-hybridized carbons (Fsp3) is 0.474. The van der Waals surface area contributed by atoms with Crippen LogP contribution < -0.4 is 10.6 Å². The van der Waals surface area contributed by atoms with E-state index >= 15 is 0 Å². The maximum absolute atomic E-state index is 13.4. The van der Waals surface area contributed by atoms with Gasteiger partial charge in [-0.1, -0.05) is 25.1 Å². The second-order valence-electron chi connectivity index (χ2n) is 7.10. The van der Waals surface area contributed by atoms with Gasteiger partial charge in [0.05, 0.1) is 0 Å². The van der Waals surface area contributed by atoms with Gasteiger partial charge in [-0.15, -0.1) is 0 Å². The van der Waals surface area contributed by atoms with Crippen molar-refractivity contribution in [3.05, 3.63) is 41.6 Å². The molecule has 0 unspecified atom stereocenters. The minimum absolute atomic E-state index is 0.0418. The molecule has 3 rings (SSSR count). The molecule has 0 aliphatic carbocycles. The van der Waals surface area contributed by atoms with E-state index in [0.717, 1.165) is 23.9 Å². The van der Waals surface area contributed by atoms with E-state index in [-0.39, 0.29) is 24.9 Å². The Kier molecular flexibility index (Phi) is 7.02. The van der Waals surface area contributed by atoms with Gasteiger partial charge in [-0.25, -0.2) is 4.98 Å². The summed E-state index contributed by atoms with van der Waals surface area (Å²) in [7, 11) is -1.97. The fourth-order valence-corrected chi connectivity index (χ4v) is 4.60. The normalized spacial score (nSPS) is 17.1. The van der Waals surface area contributed by atoms with Gasteiger partial charge in [0.25, 0.3) is 10.2 Å². The van der Waals surface area contributed by atoms with E-state index in [2.05, 4.69) is 20.6 Å². The second kappa shape index (κ2) is 9.37. The summed E-state index contributed by atoms with van der Waals surface area (Å²) >= 11 is 0. The molecule has 0 saturated carbocycles. The largest absolute Gasteiger partial charge is 0.421 e. The lowest BCUT2D eigenvalue weighted by Crippen LogP contribution is -2.32. The highest BCUT2D eigenvalue weighted by Gasteiger charge is 2.36. The third kappa shape index (κ3) is 5.43. The minimum atomic E-state index is -4.62. The number of halogens is 3. The number of nitrogens with zero attached hydrogens (tertiary/aromatic N) is 4. The first-order chi connectivity index (χ1) is 14.6. The van der Waals surface area contributed by atoms with Gasteiger partial charge in [0.2, 0.25) is 5.95 Å². The second-order valence-corrected chi connectivity index (χ2v) is 9.13. The summed E-state index contributed by atoms with van der Waals surface area (Å²) in [5.74, 6) is -0.305. The minimum Gasteiger partial charge on any atom is -0.369 e. The fourth-order valence-electron chi connectivity index (χ4n) is 3.22. The van der Waals surface area contributed by atoms with Crippen LogP contribution in [0.15, 0.2) is 30.5 Å². The van der Waals surface area contributed by atoms with E-state index in [1.54, 1.807) is 6.07 Å². The summed E-state index contributed by atoms with van der Waals surface area (Å²) in [6.45, 7) is 3.07. The number of rotatable bonds is 8. The predicted octanol–water partition coefficient (Wildman–Crippen LogP) is 3.10. The Morgan fingerprint density at radius 3 is 2.58 bits per heavy atom. The molecule has 12 heteroatoms. The molecule has 1 aromatic heterocycles. The molecule has 8 nitrogen and oxygen atoms in total. The topological polar surface area (TPSA) is 90.5 Å². The molecule has 0 spiro atoms. The molecular weight excluding hydrogens is 433 g/mol. The van der Waals surface area contributed by atoms with Crippen molar-refractivity contribution >= 4 is 27.7 Å². The third-order valence-electron chi connectivity index (χ3n) is 5.00. The first-order valence-corrected chi connectivity index (χ1v) is 11.3. The van der Waals surface area contributed by atoms with E-state index in [4.69, 9.17) is 0 Å². The molecule has 2 N–H and O–H groups in total. The molecule has 2 aromatic rings. The zero-order chi connectivity index (χ0) is 22.6. The van der Waals surface area contributed by atoms with Crippen LogP contribution in [0.4, 0.5) is 30.6 Å². The average Bonchev–Trinajstić information content (AvgIpc) is 2.97. The van der Waals surface area contributed by atoms with Crippen LogP contribution in [0.3, 0.4) is 0 Å². The van der Waals surface area contributed by atoms with Crippen LogP contribution in [-0.2, 0) is 22.8 Å². The van der Waals surface area contributed by atoms with Crippen molar-refractivity contribution in [3.63, 3.8) is 0 Å². The highest BCUT2D eigenvalue weighted by Crippen LogP contribution is 2.34. The zero-order valence-corrected chi connectivity index (χ0v) is 18.1. The summed E-state index contributed by atoms with van der Waals surface area (Å²) in [6, 6.07) is 7.41. The van der Waals surface area contributed by atoms with Crippen molar-refractivity contribution in [3.8, 4) is 0 Å². The lowest BCUT2D eigenvalue weighted by molar-refractivity contribution is -0.137. The molecule has 0 atom stereocenters. The standard InChI is InChI=1S/C19H25F3N6O2S/c1-3-14-7-4-5-8-16(14)25-18-24-13-15(19(20,21)22)17(26-18)23-9-6-10-28-12-11-27(2)31(28,29)30/h4-5,7-8,13H,3,6,9-12H2,1-2H3,(H2,23,24,25,26). The molecule has 1 aliphatic rings. The molecule has 0 bridgehead atoms. The maximum Gasteiger partial charge on any atom is 0.421 e. The quantitative estimate of drug-likeness (QED) is 0.591. The molecule has 1 aromatic carbocycles. The third-order valence-corrected chi connectivity index (χ3v) is 6.99. The lowest BCUT2D eigenvalue weighted by Gasteiger charge is -2.17. The summed E-state index contributed by atoms with van der Waals surface area (Å²) in [4.78, 5) is 7.85. The van der Waals surface area contributed by atoms with E-state index in [1.807, 2.05) is 25.1 Å². The molecule has 0 amide bonds. The van der Waals surface area contributed by atoms with Gasteiger partial charge >= 0.3 is 6.18 Å². The Labute approximate surface area is 179 Å². The number of para-hydroxylation sites is 1. The van der Waals surface area contributed by atoms with Crippen molar-refractivity contribution in [2.75, 3.05) is 43.9 Å². The Bertz CT molecular complexity index is 1020. The van der Waals surface area contributed by atoms with Crippen LogP contribution in [0.1, 0.15) is 24.5 Å². The first kappa shape index (κ1) is 23.2. The number of aromatic nitrogens is 2. The van der Waals surface area contributed by atoms with E-state index in [0.29, 0.717) is 19.5 Å². The van der Waals surface area contributed by atoms with Crippen LogP contribution in [0.2, 0.25) is 0 Å². The van der Waals surface area contributed by atoms with Crippen LogP contribution >= 0.6 is 0 Å². The number of alkyl halides is 3. The summed E-state index contributed by atoms with van der Waals surface area (Å²) in [6.07, 6.45) is -2.81. The molecule has 2 heterocycles. The number of hydrogen-bond donors (Lipinski definition) is 2. The number of aryl methyl sites for hydroxylation is 1. The number of hydrogen-bond acceptors (Lipinski definition) is 6. The Hall–Kier alpha value is -2.44. The van der Waals surface area contributed by atoms with Gasteiger partial charge in [-0.05, 0) is 24.5 Å². The van der Waals surface area contributed by atoms with Gasteiger partial charge in [0.1, 0.15) is 11.4 Å². The Balaban J connectivity index is 1.71. The molecule has 1 aliphatic heterocycles. The van der Waals surface area contributed by atoms with E-state index < -0.39 is 21.9 Å². The predicted molar refractivity (Wildman–Crippen MR) is 112 cm³/mol. The molecule has 170 valence electrons. The van der Waals surface area contributed by atoms with Gasteiger partial charge in [0.15, 0.2) is 0 Å². The molecule has 0 radical (unpaired) electrons. The van der Waals surface area contributed by atoms with Gasteiger partial charge in [0, 0.05) is 45.1 Å². The van der Waals surface area contributed by atoms with Gasteiger partial charge in [-0.3, -0.25) is 0 Å². The molecule has 31 heavy (non-hydrogen) atoms. The highest BCUT2D eigenvalue weighted by molar-refractivity contribution is 7.87. The van der Waals surface area contributed by atoms with Gasteiger partial charge < -0.3 is 10.6 Å². The first-order valence-electron chi connectivity index (χ1n) is 9.87. The van der Waals surface area contributed by atoms with Crippen molar-refractivity contribution in [1.82, 2.24) is 18.6 Å². The highest BCUT2D eigenvalue weighted by atomic mass is 32.2. The number of benzene rings is 1. The monoisotopic (exact) mass is 458 g/mol. The summed E-state index contributed by atoms with van der Waals surface area (Å²) in [5, 5.41) is 5.66. The summed E-state index contributed by atoms with van der Waals surface area (Å²) < 4.78 is 66.9. The molecular formula is C19H25F3N6O2S. The number of nitrogens with one attached hydrogen (secondary N) is 2. The van der Waals surface area contributed by atoms with Crippen molar-refractivity contribution < 1.29 is 21.6 Å². The van der Waals surface area contributed by atoms with Crippen LogP contribution in [-0.4, -0.2) is 60.2 Å².